The summed E-state index contributed by atoms with van der Waals surface area (Å²) in [4.78, 5) is 2.66. The molecule has 112 valence electrons. The van der Waals surface area contributed by atoms with Crippen LogP contribution in [0.1, 0.15) is 51.1 Å². The molecular weight excluding hydrogens is 244 g/mol. The molecule has 0 heterocycles. The van der Waals surface area contributed by atoms with Crippen molar-refractivity contribution in [2.24, 2.45) is 5.92 Å². The zero-order valence-electron chi connectivity index (χ0n) is 13.1. The molecule has 2 nitrogen and oxygen atoms in total. The molecule has 1 aliphatic rings. The fourth-order valence-electron chi connectivity index (χ4n) is 2.79. The first-order valence-electron chi connectivity index (χ1n) is 8.34. The second-order valence-electron chi connectivity index (χ2n) is 6.12. The molecule has 0 bridgehead atoms. The molecule has 1 N–H and O–H groups in total. The van der Waals surface area contributed by atoms with Gasteiger partial charge in [0.15, 0.2) is 0 Å². The first-order chi connectivity index (χ1) is 9.83. The van der Waals surface area contributed by atoms with Crippen LogP contribution >= 0.6 is 0 Å². The van der Waals surface area contributed by atoms with Crippen molar-refractivity contribution in [3.8, 4) is 0 Å². The minimum Gasteiger partial charge on any atom is -0.309 e. The highest BCUT2D eigenvalue weighted by atomic mass is 15.2. The fraction of sp³-hybridized carbons (Fsp3) is 0.667. The Balaban J connectivity index is 1.96. The molecule has 0 saturated heterocycles. The Hall–Kier alpha value is -0.860. The second-order valence-corrected chi connectivity index (χ2v) is 6.12. The third-order valence-electron chi connectivity index (χ3n) is 4.04. The van der Waals surface area contributed by atoms with Crippen LogP contribution in [0.15, 0.2) is 30.3 Å². The van der Waals surface area contributed by atoms with Crippen molar-refractivity contribution in [3.05, 3.63) is 35.9 Å². The highest BCUT2D eigenvalue weighted by Gasteiger charge is 2.25. The lowest BCUT2D eigenvalue weighted by Crippen LogP contribution is -2.37. The molecule has 0 radical (unpaired) electrons. The van der Waals surface area contributed by atoms with Crippen LogP contribution in [0.3, 0.4) is 0 Å². The zero-order chi connectivity index (χ0) is 14.2. The summed E-state index contributed by atoms with van der Waals surface area (Å²) in [7, 11) is 0. The molecule has 0 aliphatic heterocycles. The molecule has 0 amide bonds. The van der Waals surface area contributed by atoms with E-state index in [9.17, 15) is 0 Å². The lowest BCUT2D eigenvalue weighted by Gasteiger charge is -2.28. The summed E-state index contributed by atoms with van der Waals surface area (Å²) in [5.74, 6) is 0.976. The average Bonchev–Trinajstić information content (AvgIpc) is 3.28. The van der Waals surface area contributed by atoms with Gasteiger partial charge in [-0.1, -0.05) is 44.2 Å². The lowest BCUT2D eigenvalue weighted by atomic mass is 10.1. The van der Waals surface area contributed by atoms with Crippen LogP contribution in [0.5, 0.6) is 0 Å². The molecule has 2 rings (SSSR count). The van der Waals surface area contributed by atoms with Crippen molar-refractivity contribution in [1.82, 2.24) is 10.2 Å². The third kappa shape index (κ3) is 5.26. The summed E-state index contributed by atoms with van der Waals surface area (Å²) in [6, 6.07) is 11.4. The average molecular weight is 274 g/mol. The van der Waals surface area contributed by atoms with Crippen LogP contribution in [-0.2, 0) is 0 Å². The molecule has 1 saturated carbocycles. The molecular formula is C18H30N2. The summed E-state index contributed by atoms with van der Waals surface area (Å²) in [5.41, 5.74) is 1.43. The normalized spacial score (nSPS) is 16.6. The van der Waals surface area contributed by atoms with Crippen molar-refractivity contribution >= 4 is 0 Å². The van der Waals surface area contributed by atoms with Gasteiger partial charge in [-0.25, -0.2) is 0 Å². The van der Waals surface area contributed by atoms with Gasteiger partial charge in [0.1, 0.15) is 0 Å². The van der Waals surface area contributed by atoms with Crippen molar-refractivity contribution in [1.29, 1.82) is 0 Å². The van der Waals surface area contributed by atoms with Gasteiger partial charge in [-0.2, -0.15) is 0 Å². The summed E-state index contributed by atoms with van der Waals surface area (Å²) >= 11 is 0. The predicted molar refractivity (Wildman–Crippen MR) is 86.9 cm³/mol. The van der Waals surface area contributed by atoms with Crippen LogP contribution in [0.4, 0.5) is 0 Å². The number of nitrogens with one attached hydrogen (secondary N) is 1. The molecule has 2 heteroatoms. The van der Waals surface area contributed by atoms with E-state index in [1.807, 2.05) is 0 Å². The largest absolute Gasteiger partial charge is 0.309 e. The van der Waals surface area contributed by atoms with Crippen molar-refractivity contribution in [2.45, 2.75) is 45.6 Å². The smallest absolute Gasteiger partial charge is 0.0449 e. The second kappa shape index (κ2) is 8.43. The number of nitrogens with zero attached hydrogens (tertiary/aromatic N) is 1. The van der Waals surface area contributed by atoms with Gasteiger partial charge in [0.25, 0.3) is 0 Å². The highest BCUT2D eigenvalue weighted by molar-refractivity contribution is 5.19. The molecule has 1 aromatic carbocycles. The van der Waals surface area contributed by atoms with Crippen LogP contribution < -0.4 is 5.32 Å². The molecule has 0 spiro atoms. The monoisotopic (exact) mass is 274 g/mol. The Morgan fingerprint density at radius 2 is 1.90 bits per heavy atom. The topological polar surface area (TPSA) is 15.3 Å². The maximum atomic E-state index is 3.73. The molecule has 0 aromatic heterocycles. The molecule has 1 atom stereocenters. The molecule has 1 unspecified atom stereocenters. The van der Waals surface area contributed by atoms with E-state index < -0.39 is 0 Å². The standard InChI is InChI=1S/C18H30N2/c1-3-12-19-18(17-8-6-5-7-9-17)15-20(13-4-2)14-16-10-11-16/h5-9,16,18-19H,3-4,10-15H2,1-2H3. The number of hydrogen-bond donors (Lipinski definition) is 1. The molecule has 1 aromatic rings. The van der Waals surface area contributed by atoms with E-state index in [4.69, 9.17) is 0 Å². The number of rotatable bonds is 10. The van der Waals surface area contributed by atoms with Gasteiger partial charge < -0.3 is 10.2 Å². The van der Waals surface area contributed by atoms with Crippen LogP contribution in [-0.4, -0.2) is 31.1 Å². The van der Waals surface area contributed by atoms with Gasteiger partial charge in [0.2, 0.25) is 0 Å². The van der Waals surface area contributed by atoms with Gasteiger partial charge >= 0.3 is 0 Å². The van der Waals surface area contributed by atoms with Gasteiger partial charge in [-0.05, 0) is 50.3 Å². The lowest BCUT2D eigenvalue weighted by molar-refractivity contribution is 0.233. The van der Waals surface area contributed by atoms with Gasteiger partial charge in [-0.3, -0.25) is 0 Å². The fourth-order valence-corrected chi connectivity index (χ4v) is 2.79. The summed E-state index contributed by atoms with van der Waals surface area (Å²) in [6.07, 6.45) is 5.33. The van der Waals surface area contributed by atoms with E-state index in [0.29, 0.717) is 6.04 Å². The Kier molecular flexibility index (Phi) is 6.55. The van der Waals surface area contributed by atoms with Crippen LogP contribution in [0.25, 0.3) is 0 Å². The summed E-state index contributed by atoms with van der Waals surface area (Å²) < 4.78 is 0. The van der Waals surface area contributed by atoms with Gasteiger partial charge in [-0.15, -0.1) is 0 Å². The molecule has 20 heavy (non-hydrogen) atoms. The van der Waals surface area contributed by atoms with E-state index in [0.717, 1.165) is 19.0 Å². The van der Waals surface area contributed by atoms with E-state index >= 15 is 0 Å². The SMILES string of the molecule is CCCNC(CN(CCC)CC1CC1)c1ccccc1. The zero-order valence-corrected chi connectivity index (χ0v) is 13.1. The summed E-state index contributed by atoms with van der Waals surface area (Å²) in [6.45, 7) is 9.30. The highest BCUT2D eigenvalue weighted by Crippen LogP contribution is 2.30. The van der Waals surface area contributed by atoms with Crippen LogP contribution in [0.2, 0.25) is 0 Å². The minimum absolute atomic E-state index is 0.474. The Morgan fingerprint density at radius 1 is 1.15 bits per heavy atom. The first kappa shape index (κ1) is 15.5. The minimum atomic E-state index is 0.474. The van der Waals surface area contributed by atoms with E-state index in [1.54, 1.807) is 0 Å². The first-order valence-corrected chi connectivity index (χ1v) is 8.34. The third-order valence-corrected chi connectivity index (χ3v) is 4.04. The maximum Gasteiger partial charge on any atom is 0.0449 e. The van der Waals surface area contributed by atoms with Crippen LogP contribution in [0, 0.1) is 5.92 Å². The Labute approximate surface area is 124 Å². The molecule has 1 aliphatic carbocycles. The van der Waals surface area contributed by atoms with Crippen molar-refractivity contribution in [2.75, 3.05) is 26.2 Å². The Bertz CT molecular complexity index is 359. The quantitative estimate of drug-likeness (QED) is 0.697. The van der Waals surface area contributed by atoms with Crippen molar-refractivity contribution < 1.29 is 0 Å². The maximum absolute atomic E-state index is 3.73. The van der Waals surface area contributed by atoms with Gasteiger partial charge in [0, 0.05) is 19.1 Å². The number of hydrogen-bond acceptors (Lipinski definition) is 2. The number of benzene rings is 1. The Morgan fingerprint density at radius 3 is 2.50 bits per heavy atom. The predicted octanol–water partition coefficient (Wildman–Crippen LogP) is 3.85. The summed E-state index contributed by atoms with van der Waals surface area (Å²) in [5, 5.41) is 3.73. The van der Waals surface area contributed by atoms with E-state index in [1.165, 1.54) is 44.3 Å². The van der Waals surface area contributed by atoms with Gasteiger partial charge in [0.05, 0.1) is 0 Å². The van der Waals surface area contributed by atoms with Crippen molar-refractivity contribution in [3.63, 3.8) is 0 Å². The van der Waals surface area contributed by atoms with E-state index in [2.05, 4.69) is 54.4 Å². The molecule has 1 fully saturated rings. The van der Waals surface area contributed by atoms with E-state index in [-0.39, 0.29) is 0 Å².